The van der Waals surface area contributed by atoms with E-state index in [2.05, 4.69) is 4.90 Å². The Morgan fingerprint density at radius 1 is 1.09 bits per heavy atom. The van der Waals surface area contributed by atoms with Crippen molar-refractivity contribution in [2.24, 2.45) is 0 Å². The van der Waals surface area contributed by atoms with Crippen molar-refractivity contribution < 1.29 is 29.3 Å². The third kappa shape index (κ3) is 4.72. The zero-order valence-electron chi connectivity index (χ0n) is 18.5. The summed E-state index contributed by atoms with van der Waals surface area (Å²) in [7, 11) is 1.44. The number of morpholine rings is 1. The quantitative estimate of drug-likeness (QED) is 0.351. The number of methoxy groups -OCH3 is 1. The van der Waals surface area contributed by atoms with E-state index in [1.807, 2.05) is 0 Å². The van der Waals surface area contributed by atoms with E-state index < -0.39 is 23.5 Å². The summed E-state index contributed by atoms with van der Waals surface area (Å²) in [5.74, 6) is -1.97. The number of phenolic OH excluding ortho intramolecular Hbond substituents is 1. The number of halogens is 2. The van der Waals surface area contributed by atoms with Crippen molar-refractivity contribution in [1.82, 2.24) is 9.80 Å². The Morgan fingerprint density at radius 3 is 2.47 bits per heavy atom. The lowest BCUT2D eigenvalue weighted by molar-refractivity contribution is -0.140. The van der Waals surface area contributed by atoms with E-state index in [9.17, 15) is 19.8 Å². The molecule has 34 heavy (non-hydrogen) atoms. The number of likely N-dealkylation sites (tertiary alicyclic amines) is 1. The van der Waals surface area contributed by atoms with Crippen molar-refractivity contribution in [1.29, 1.82) is 0 Å². The van der Waals surface area contributed by atoms with Gasteiger partial charge in [0, 0.05) is 32.2 Å². The van der Waals surface area contributed by atoms with Gasteiger partial charge < -0.3 is 24.6 Å². The predicted molar refractivity (Wildman–Crippen MR) is 127 cm³/mol. The number of rotatable bonds is 6. The van der Waals surface area contributed by atoms with Crippen LogP contribution in [0, 0.1) is 0 Å². The van der Waals surface area contributed by atoms with Crippen LogP contribution < -0.4 is 4.74 Å². The SMILES string of the molecule is COc1ccc(C(O)=C2C(=O)C(=O)N(CCN3CCOCC3)[C@H]2c2ccc(Cl)c(Cl)c2)c(O)c1. The van der Waals surface area contributed by atoms with E-state index in [1.165, 1.54) is 30.2 Å². The molecule has 2 N–H and O–H groups in total. The second-order valence-corrected chi connectivity index (χ2v) is 8.82. The number of aromatic hydroxyl groups is 1. The first-order valence-corrected chi connectivity index (χ1v) is 11.5. The summed E-state index contributed by atoms with van der Waals surface area (Å²) in [4.78, 5) is 29.8. The highest BCUT2D eigenvalue weighted by atomic mass is 35.5. The van der Waals surface area contributed by atoms with Crippen LogP contribution in [0.1, 0.15) is 17.2 Å². The Morgan fingerprint density at radius 2 is 1.82 bits per heavy atom. The summed E-state index contributed by atoms with van der Waals surface area (Å²) in [6, 6.07) is 8.19. The molecule has 0 aromatic heterocycles. The fourth-order valence-electron chi connectivity index (χ4n) is 4.20. The van der Waals surface area contributed by atoms with Gasteiger partial charge in [-0.25, -0.2) is 0 Å². The number of phenols is 1. The van der Waals surface area contributed by atoms with E-state index in [4.69, 9.17) is 32.7 Å². The van der Waals surface area contributed by atoms with Gasteiger partial charge in [-0.3, -0.25) is 14.5 Å². The topological polar surface area (TPSA) is 99.5 Å². The molecule has 2 aliphatic heterocycles. The Bertz CT molecular complexity index is 1150. The molecule has 0 unspecified atom stereocenters. The summed E-state index contributed by atoms with van der Waals surface area (Å²) in [5.41, 5.74) is 0.396. The lowest BCUT2D eigenvalue weighted by atomic mass is 9.95. The average molecular weight is 507 g/mol. The molecule has 1 amide bonds. The van der Waals surface area contributed by atoms with Gasteiger partial charge in [-0.15, -0.1) is 0 Å². The predicted octanol–water partition coefficient (Wildman–Crippen LogP) is 3.46. The van der Waals surface area contributed by atoms with Crippen LogP contribution in [0.15, 0.2) is 42.0 Å². The number of carbonyl (C=O) groups is 2. The number of aliphatic hydroxyl groups excluding tert-OH is 1. The Kier molecular flexibility index (Phi) is 7.33. The van der Waals surface area contributed by atoms with E-state index >= 15 is 0 Å². The molecule has 180 valence electrons. The number of amides is 1. The van der Waals surface area contributed by atoms with Crippen LogP contribution >= 0.6 is 23.2 Å². The molecule has 2 heterocycles. The van der Waals surface area contributed by atoms with Gasteiger partial charge in [0.05, 0.1) is 47.5 Å². The van der Waals surface area contributed by atoms with Crippen molar-refractivity contribution >= 4 is 40.7 Å². The maximum absolute atomic E-state index is 13.1. The number of Topliss-reactive ketones (excluding diaryl/α,β-unsaturated/α-hetero) is 1. The standard InChI is InChI=1S/C24H24Cl2N2O6/c1-33-15-3-4-16(19(29)13-15)22(30)20-21(14-2-5-17(25)18(26)12-14)28(24(32)23(20)31)7-6-27-8-10-34-11-9-27/h2-5,12-13,21,29-30H,6-11H2,1H3/t21-/m0/s1. The van der Waals surface area contributed by atoms with Crippen LogP contribution in [-0.2, 0) is 14.3 Å². The van der Waals surface area contributed by atoms with Gasteiger partial charge in [-0.2, -0.15) is 0 Å². The van der Waals surface area contributed by atoms with E-state index in [-0.39, 0.29) is 28.5 Å². The normalized spacial score (nSPS) is 20.7. The van der Waals surface area contributed by atoms with E-state index in [0.29, 0.717) is 36.1 Å². The van der Waals surface area contributed by atoms with Crippen LogP contribution in [0.2, 0.25) is 10.0 Å². The van der Waals surface area contributed by atoms with Gasteiger partial charge in [-0.05, 0) is 29.8 Å². The number of aliphatic hydroxyl groups is 1. The zero-order chi connectivity index (χ0) is 24.4. The molecule has 2 aliphatic rings. The molecule has 0 saturated carbocycles. The summed E-state index contributed by atoms with van der Waals surface area (Å²) in [6.45, 7) is 3.43. The number of hydrogen-bond acceptors (Lipinski definition) is 7. The lowest BCUT2D eigenvalue weighted by Crippen LogP contribution is -2.42. The van der Waals surface area contributed by atoms with Gasteiger partial charge in [0.1, 0.15) is 17.3 Å². The van der Waals surface area contributed by atoms with Crippen LogP contribution in [0.5, 0.6) is 11.5 Å². The first-order valence-electron chi connectivity index (χ1n) is 10.7. The molecule has 0 spiro atoms. The van der Waals surface area contributed by atoms with Crippen molar-refractivity contribution in [3.05, 3.63) is 63.1 Å². The first kappa shape index (κ1) is 24.3. The molecule has 0 aliphatic carbocycles. The molecule has 2 saturated heterocycles. The van der Waals surface area contributed by atoms with Crippen LogP contribution in [0.4, 0.5) is 0 Å². The van der Waals surface area contributed by atoms with Gasteiger partial charge in [0.25, 0.3) is 11.7 Å². The highest BCUT2D eigenvalue weighted by molar-refractivity contribution is 6.47. The number of ether oxygens (including phenoxy) is 2. The van der Waals surface area contributed by atoms with Crippen LogP contribution in [0.3, 0.4) is 0 Å². The minimum atomic E-state index is -0.905. The monoisotopic (exact) mass is 506 g/mol. The van der Waals surface area contributed by atoms with Crippen molar-refractivity contribution in [2.75, 3.05) is 46.5 Å². The minimum Gasteiger partial charge on any atom is -0.507 e. The molecule has 10 heteroatoms. The Labute approximate surface area is 206 Å². The van der Waals surface area contributed by atoms with E-state index in [0.717, 1.165) is 13.1 Å². The Balaban J connectivity index is 1.78. The molecule has 1 atom stereocenters. The fourth-order valence-corrected chi connectivity index (χ4v) is 4.50. The highest BCUT2D eigenvalue weighted by Crippen LogP contribution is 2.42. The fraction of sp³-hybridized carbons (Fsp3) is 0.333. The maximum Gasteiger partial charge on any atom is 0.295 e. The third-order valence-corrected chi connectivity index (χ3v) is 6.76. The molecule has 8 nitrogen and oxygen atoms in total. The molecule has 2 aromatic rings. The largest absolute Gasteiger partial charge is 0.507 e. The molecule has 2 fully saturated rings. The number of nitrogens with zero attached hydrogens (tertiary/aromatic N) is 2. The minimum absolute atomic E-state index is 0.0111. The first-order chi connectivity index (χ1) is 16.3. The molecular formula is C24H24Cl2N2O6. The zero-order valence-corrected chi connectivity index (χ0v) is 20.0. The number of benzene rings is 2. The average Bonchev–Trinajstić information content (AvgIpc) is 3.09. The number of carbonyl (C=O) groups excluding carboxylic acids is 2. The number of hydrogen-bond donors (Lipinski definition) is 2. The van der Waals surface area contributed by atoms with Gasteiger partial charge in [-0.1, -0.05) is 29.3 Å². The third-order valence-electron chi connectivity index (χ3n) is 6.02. The summed E-state index contributed by atoms with van der Waals surface area (Å²) < 4.78 is 10.5. The van der Waals surface area contributed by atoms with E-state index in [1.54, 1.807) is 18.2 Å². The highest BCUT2D eigenvalue weighted by Gasteiger charge is 2.46. The van der Waals surface area contributed by atoms with Crippen molar-refractivity contribution in [2.45, 2.75) is 6.04 Å². The molecule has 2 aromatic carbocycles. The van der Waals surface area contributed by atoms with Gasteiger partial charge in [0.15, 0.2) is 0 Å². The molecule has 0 radical (unpaired) electrons. The molecule has 4 rings (SSSR count). The number of ketones is 1. The summed E-state index contributed by atoms with van der Waals surface area (Å²) >= 11 is 12.3. The maximum atomic E-state index is 13.1. The van der Waals surface area contributed by atoms with Crippen LogP contribution in [-0.4, -0.2) is 78.2 Å². The summed E-state index contributed by atoms with van der Waals surface area (Å²) in [5, 5.41) is 22.2. The smallest absolute Gasteiger partial charge is 0.295 e. The summed E-state index contributed by atoms with van der Waals surface area (Å²) in [6.07, 6.45) is 0. The van der Waals surface area contributed by atoms with Gasteiger partial charge in [0.2, 0.25) is 0 Å². The Hall–Kier alpha value is -2.78. The second kappa shape index (κ2) is 10.2. The second-order valence-electron chi connectivity index (χ2n) is 8.00. The van der Waals surface area contributed by atoms with Crippen molar-refractivity contribution in [3.8, 4) is 11.5 Å². The lowest BCUT2D eigenvalue weighted by Gasteiger charge is -2.31. The molecule has 0 bridgehead atoms. The van der Waals surface area contributed by atoms with Gasteiger partial charge >= 0.3 is 0 Å². The van der Waals surface area contributed by atoms with Crippen molar-refractivity contribution in [3.63, 3.8) is 0 Å². The van der Waals surface area contributed by atoms with Crippen LogP contribution in [0.25, 0.3) is 5.76 Å². The molecular weight excluding hydrogens is 483 g/mol.